The molecule has 0 unspecified atom stereocenters. The molecule has 7 heteroatoms. The van der Waals surface area contributed by atoms with E-state index in [2.05, 4.69) is 0 Å². The van der Waals surface area contributed by atoms with E-state index in [9.17, 15) is 14.4 Å². The van der Waals surface area contributed by atoms with Crippen molar-refractivity contribution in [2.24, 2.45) is 5.92 Å². The fourth-order valence-electron chi connectivity index (χ4n) is 3.30. The molecule has 0 aliphatic carbocycles. The number of amides is 1. The Labute approximate surface area is 174 Å². The van der Waals surface area contributed by atoms with Crippen molar-refractivity contribution in [3.63, 3.8) is 0 Å². The molecule has 2 atom stereocenters. The van der Waals surface area contributed by atoms with Crippen molar-refractivity contribution in [2.45, 2.75) is 26.4 Å². The van der Waals surface area contributed by atoms with Gasteiger partial charge < -0.3 is 14.4 Å². The van der Waals surface area contributed by atoms with Gasteiger partial charge in [0.1, 0.15) is 5.75 Å². The molecule has 1 heterocycles. The third kappa shape index (κ3) is 4.43. The first kappa shape index (κ1) is 20.9. The van der Waals surface area contributed by atoms with Gasteiger partial charge in [-0.15, -0.1) is 0 Å². The minimum absolute atomic E-state index is 0.0359. The molecule has 0 aromatic heterocycles. The highest BCUT2D eigenvalue weighted by molar-refractivity contribution is 6.31. The van der Waals surface area contributed by atoms with Gasteiger partial charge in [0, 0.05) is 29.2 Å². The lowest BCUT2D eigenvalue weighted by molar-refractivity contribution is -0.151. The molecule has 2 aromatic rings. The number of hydrogen-bond acceptors (Lipinski definition) is 5. The Bertz CT molecular complexity index is 941. The highest BCUT2D eigenvalue weighted by Gasteiger charge is 2.38. The van der Waals surface area contributed by atoms with E-state index in [0.717, 1.165) is 5.56 Å². The molecule has 0 saturated carbocycles. The number of carbonyl (C=O) groups is 3. The number of carbonyl (C=O) groups excluding carboxylic acids is 3. The summed E-state index contributed by atoms with van der Waals surface area (Å²) in [5.41, 5.74) is 1.88. The van der Waals surface area contributed by atoms with Gasteiger partial charge in [0.15, 0.2) is 6.10 Å². The van der Waals surface area contributed by atoms with Crippen molar-refractivity contribution in [1.82, 2.24) is 0 Å². The van der Waals surface area contributed by atoms with Crippen molar-refractivity contribution in [1.29, 1.82) is 0 Å². The molecule has 1 aliphatic rings. The van der Waals surface area contributed by atoms with E-state index in [1.54, 1.807) is 47.4 Å². The number of methoxy groups -OCH3 is 1. The largest absolute Gasteiger partial charge is 0.497 e. The SMILES string of the molecule is COc1ccc(C(=O)[C@@H](C)OC(=O)[C@@H]2CC(=O)N(c3cccc(Cl)c3C)C2)cc1. The maximum Gasteiger partial charge on any atom is 0.312 e. The van der Waals surface area contributed by atoms with E-state index in [1.165, 1.54) is 14.0 Å². The Morgan fingerprint density at radius 2 is 1.86 bits per heavy atom. The van der Waals surface area contributed by atoms with Crippen LogP contribution in [0.3, 0.4) is 0 Å². The van der Waals surface area contributed by atoms with E-state index in [4.69, 9.17) is 21.1 Å². The van der Waals surface area contributed by atoms with Gasteiger partial charge in [-0.2, -0.15) is 0 Å². The molecule has 2 aromatic carbocycles. The average Bonchev–Trinajstić information content (AvgIpc) is 3.11. The number of hydrogen-bond donors (Lipinski definition) is 0. The predicted octanol–water partition coefficient (Wildman–Crippen LogP) is 3.82. The van der Waals surface area contributed by atoms with Gasteiger partial charge in [-0.25, -0.2) is 0 Å². The quantitative estimate of drug-likeness (QED) is 0.529. The van der Waals surface area contributed by atoms with Crippen LogP contribution in [0.25, 0.3) is 0 Å². The maximum absolute atomic E-state index is 12.6. The van der Waals surface area contributed by atoms with E-state index in [1.807, 2.05) is 6.92 Å². The van der Waals surface area contributed by atoms with E-state index in [-0.39, 0.29) is 24.7 Å². The number of Topliss-reactive ketones (excluding diaryl/α,β-unsaturated/α-hetero) is 1. The van der Waals surface area contributed by atoms with Gasteiger partial charge in [-0.3, -0.25) is 14.4 Å². The van der Waals surface area contributed by atoms with E-state index >= 15 is 0 Å². The number of nitrogens with zero attached hydrogens (tertiary/aromatic N) is 1. The topological polar surface area (TPSA) is 72.9 Å². The van der Waals surface area contributed by atoms with Crippen LogP contribution in [0.5, 0.6) is 5.75 Å². The third-order valence-corrected chi connectivity index (χ3v) is 5.43. The van der Waals surface area contributed by atoms with Crippen LogP contribution >= 0.6 is 11.6 Å². The summed E-state index contributed by atoms with van der Waals surface area (Å²) in [7, 11) is 1.54. The minimum Gasteiger partial charge on any atom is -0.497 e. The van der Waals surface area contributed by atoms with Crippen LogP contribution in [0, 0.1) is 12.8 Å². The van der Waals surface area contributed by atoms with Crippen LogP contribution < -0.4 is 9.64 Å². The van der Waals surface area contributed by atoms with Gasteiger partial charge >= 0.3 is 5.97 Å². The molecule has 6 nitrogen and oxygen atoms in total. The highest BCUT2D eigenvalue weighted by Crippen LogP contribution is 2.32. The zero-order chi connectivity index (χ0) is 21.1. The number of rotatable bonds is 6. The molecule has 0 spiro atoms. The first-order valence-electron chi connectivity index (χ1n) is 9.26. The second-order valence-corrected chi connectivity index (χ2v) is 7.37. The van der Waals surface area contributed by atoms with Gasteiger partial charge in [0.2, 0.25) is 11.7 Å². The first-order valence-corrected chi connectivity index (χ1v) is 9.64. The summed E-state index contributed by atoms with van der Waals surface area (Å²) >= 11 is 6.14. The Morgan fingerprint density at radius 3 is 2.52 bits per heavy atom. The molecule has 0 N–H and O–H groups in total. The average molecular weight is 416 g/mol. The van der Waals surface area contributed by atoms with Gasteiger partial charge in [-0.05, 0) is 55.8 Å². The molecular weight excluding hydrogens is 394 g/mol. The van der Waals surface area contributed by atoms with Crippen LogP contribution in [0.4, 0.5) is 5.69 Å². The summed E-state index contributed by atoms with van der Waals surface area (Å²) in [5, 5.41) is 0.556. The molecule has 1 saturated heterocycles. The number of anilines is 1. The lowest BCUT2D eigenvalue weighted by Gasteiger charge is -2.20. The molecule has 1 fully saturated rings. The lowest BCUT2D eigenvalue weighted by atomic mass is 10.1. The maximum atomic E-state index is 12.6. The fraction of sp³-hybridized carbons (Fsp3) is 0.318. The van der Waals surface area contributed by atoms with Gasteiger partial charge in [0.25, 0.3) is 0 Å². The molecule has 3 rings (SSSR count). The Hall–Kier alpha value is -2.86. The Balaban J connectivity index is 1.65. The number of halogens is 1. The van der Waals surface area contributed by atoms with Crippen LogP contribution in [0.1, 0.15) is 29.3 Å². The zero-order valence-corrected chi connectivity index (χ0v) is 17.2. The van der Waals surface area contributed by atoms with Gasteiger partial charge in [0.05, 0.1) is 13.0 Å². The molecular formula is C22H22ClNO5. The molecule has 1 aliphatic heterocycles. The molecule has 1 amide bonds. The second kappa shape index (κ2) is 8.66. The monoisotopic (exact) mass is 415 g/mol. The number of benzene rings is 2. The van der Waals surface area contributed by atoms with Gasteiger partial charge in [-0.1, -0.05) is 17.7 Å². The number of ketones is 1. The Morgan fingerprint density at radius 1 is 1.17 bits per heavy atom. The smallest absolute Gasteiger partial charge is 0.312 e. The van der Waals surface area contributed by atoms with Crippen molar-refractivity contribution in [3.8, 4) is 5.75 Å². The van der Waals surface area contributed by atoms with Crippen LogP contribution in [0.2, 0.25) is 5.02 Å². The first-order chi connectivity index (χ1) is 13.8. The summed E-state index contributed by atoms with van der Waals surface area (Å²) in [6.07, 6.45) is -0.915. The van der Waals surface area contributed by atoms with E-state index in [0.29, 0.717) is 22.0 Å². The third-order valence-electron chi connectivity index (χ3n) is 5.02. The summed E-state index contributed by atoms with van der Waals surface area (Å²) in [5.74, 6) is -1.05. The number of ether oxygens (including phenoxy) is 2. The minimum atomic E-state index is -0.951. The van der Waals surface area contributed by atoms with Crippen molar-refractivity contribution < 1.29 is 23.9 Å². The Kier molecular flexibility index (Phi) is 6.23. The lowest BCUT2D eigenvalue weighted by Crippen LogP contribution is -2.30. The molecule has 0 radical (unpaired) electrons. The van der Waals surface area contributed by atoms with Crippen LogP contribution in [-0.4, -0.2) is 37.4 Å². The fourth-order valence-corrected chi connectivity index (χ4v) is 3.47. The zero-order valence-electron chi connectivity index (χ0n) is 16.5. The predicted molar refractivity (Wildman–Crippen MR) is 110 cm³/mol. The summed E-state index contributed by atoms with van der Waals surface area (Å²) < 4.78 is 10.4. The highest BCUT2D eigenvalue weighted by atomic mass is 35.5. The molecule has 0 bridgehead atoms. The second-order valence-electron chi connectivity index (χ2n) is 6.96. The number of esters is 1. The van der Waals surface area contributed by atoms with E-state index < -0.39 is 18.0 Å². The molecule has 29 heavy (non-hydrogen) atoms. The normalized spacial score (nSPS) is 17.2. The van der Waals surface area contributed by atoms with Crippen molar-refractivity contribution in [2.75, 3.05) is 18.6 Å². The van der Waals surface area contributed by atoms with Crippen LogP contribution in [0.15, 0.2) is 42.5 Å². The van der Waals surface area contributed by atoms with Crippen molar-refractivity contribution >= 4 is 34.9 Å². The summed E-state index contributed by atoms with van der Waals surface area (Å²) in [6.45, 7) is 3.55. The van der Waals surface area contributed by atoms with Crippen molar-refractivity contribution in [3.05, 3.63) is 58.6 Å². The summed E-state index contributed by atoms with van der Waals surface area (Å²) in [6, 6.07) is 11.9. The molecule has 152 valence electrons. The van der Waals surface area contributed by atoms with Crippen LogP contribution in [-0.2, 0) is 14.3 Å². The summed E-state index contributed by atoms with van der Waals surface area (Å²) in [4.78, 5) is 39.1. The standard InChI is InChI=1S/C22H22ClNO5/c1-13-18(23)5-4-6-19(13)24-12-16(11-20(24)25)22(27)29-14(2)21(26)15-7-9-17(28-3)10-8-15/h4-10,14,16H,11-12H2,1-3H3/t14-,16-/m1/s1.